The molecule has 1 N–H and O–H groups in total. The van der Waals surface area contributed by atoms with Crippen LogP contribution in [0.1, 0.15) is 83.9 Å². The van der Waals surface area contributed by atoms with Gasteiger partial charge in [0.15, 0.2) is 11.5 Å². The van der Waals surface area contributed by atoms with Crippen LogP contribution in [0.2, 0.25) is 0 Å². The minimum absolute atomic E-state index is 0.107. The number of fused-ring (bicyclic) bond motifs is 9. The predicted octanol–water partition coefficient (Wildman–Crippen LogP) is 8.16. The van der Waals surface area contributed by atoms with Gasteiger partial charge in [-0.1, -0.05) is 52.0 Å². The average molecular weight is 471 g/mol. The summed E-state index contributed by atoms with van der Waals surface area (Å²) in [6, 6.07) is 13.0. The molecule has 1 saturated carbocycles. The molecule has 1 aliphatic heterocycles. The third-order valence-corrected chi connectivity index (χ3v) is 8.74. The Kier molecular flexibility index (Phi) is 4.53. The fourth-order valence-electron chi connectivity index (χ4n) is 8.28. The van der Waals surface area contributed by atoms with Crippen LogP contribution >= 0.6 is 0 Å². The SMILES string of the molecule is COc1cc2c(O)cc3c(c2c2c1OC(C)(C)CC2)-c1ccccc1C31CC(C)(C)CC(C)(C)C1. The molecule has 0 unspecified atom stereocenters. The first-order valence-corrected chi connectivity index (χ1v) is 13.1. The molecule has 6 rings (SSSR count). The second kappa shape index (κ2) is 6.96. The van der Waals surface area contributed by atoms with Gasteiger partial charge >= 0.3 is 0 Å². The largest absolute Gasteiger partial charge is 0.507 e. The van der Waals surface area contributed by atoms with Crippen molar-refractivity contribution < 1.29 is 14.6 Å². The molecule has 0 amide bonds. The lowest BCUT2D eigenvalue weighted by atomic mass is 9.52. The van der Waals surface area contributed by atoms with E-state index in [1.54, 1.807) is 7.11 Å². The Balaban J connectivity index is 1.75. The molecule has 3 heteroatoms. The predicted molar refractivity (Wildman–Crippen MR) is 143 cm³/mol. The number of hydrogen-bond acceptors (Lipinski definition) is 3. The Morgan fingerprint density at radius 3 is 2.26 bits per heavy atom. The van der Waals surface area contributed by atoms with Crippen molar-refractivity contribution >= 4 is 10.8 Å². The third kappa shape index (κ3) is 3.23. The summed E-state index contributed by atoms with van der Waals surface area (Å²) in [5.41, 5.74) is 6.55. The summed E-state index contributed by atoms with van der Waals surface area (Å²) in [6.45, 7) is 13.9. The molecule has 3 aromatic rings. The lowest BCUT2D eigenvalue weighted by Gasteiger charge is -2.51. The first kappa shape index (κ1) is 22.8. The number of phenolic OH excluding ortho intramolecular Hbond substituents is 1. The van der Waals surface area contributed by atoms with Crippen molar-refractivity contribution in [2.24, 2.45) is 10.8 Å². The summed E-state index contributed by atoms with van der Waals surface area (Å²) in [4.78, 5) is 0. The number of methoxy groups -OCH3 is 1. The van der Waals surface area contributed by atoms with Gasteiger partial charge < -0.3 is 14.6 Å². The van der Waals surface area contributed by atoms with Crippen LogP contribution in [0.25, 0.3) is 21.9 Å². The Hall–Kier alpha value is -2.68. The average Bonchev–Trinajstić information content (AvgIpc) is 2.99. The van der Waals surface area contributed by atoms with E-state index < -0.39 is 0 Å². The third-order valence-electron chi connectivity index (χ3n) is 8.74. The van der Waals surface area contributed by atoms with Gasteiger partial charge in [0.1, 0.15) is 11.4 Å². The van der Waals surface area contributed by atoms with Gasteiger partial charge in [0.25, 0.3) is 0 Å². The van der Waals surface area contributed by atoms with Gasteiger partial charge in [0.05, 0.1) is 7.11 Å². The van der Waals surface area contributed by atoms with Crippen LogP contribution in [0.3, 0.4) is 0 Å². The molecule has 0 atom stereocenters. The molecule has 1 heterocycles. The number of benzene rings is 3. The summed E-state index contributed by atoms with van der Waals surface area (Å²) in [5, 5.41) is 13.5. The second-order valence-electron chi connectivity index (χ2n) is 13.5. The zero-order valence-corrected chi connectivity index (χ0v) is 22.3. The van der Waals surface area contributed by atoms with Crippen molar-refractivity contribution in [1.29, 1.82) is 0 Å². The van der Waals surface area contributed by atoms with Crippen LogP contribution in [0.5, 0.6) is 17.2 Å². The maximum absolute atomic E-state index is 11.5. The number of phenols is 1. The van der Waals surface area contributed by atoms with Gasteiger partial charge in [-0.05, 0) is 91.2 Å². The molecule has 2 aliphatic carbocycles. The van der Waals surface area contributed by atoms with Crippen LogP contribution in [0.4, 0.5) is 0 Å². The van der Waals surface area contributed by atoms with Crippen LogP contribution < -0.4 is 9.47 Å². The molecular formula is C32H38O3. The van der Waals surface area contributed by atoms with Crippen molar-refractivity contribution in [3.05, 3.63) is 53.1 Å². The molecule has 35 heavy (non-hydrogen) atoms. The Morgan fingerprint density at radius 2 is 1.57 bits per heavy atom. The minimum Gasteiger partial charge on any atom is -0.507 e. The molecule has 3 aliphatic rings. The fourth-order valence-corrected chi connectivity index (χ4v) is 8.28. The van der Waals surface area contributed by atoms with E-state index in [1.165, 1.54) is 34.2 Å². The maximum Gasteiger partial charge on any atom is 0.165 e. The Labute approximate surface area is 209 Å². The molecule has 0 bridgehead atoms. The lowest BCUT2D eigenvalue weighted by Crippen LogP contribution is -2.43. The van der Waals surface area contributed by atoms with E-state index in [1.807, 2.05) is 6.07 Å². The van der Waals surface area contributed by atoms with Crippen LogP contribution in [0.15, 0.2) is 36.4 Å². The van der Waals surface area contributed by atoms with Crippen LogP contribution in [-0.4, -0.2) is 17.8 Å². The van der Waals surface area contributed by atoms with E-state index >= 15 is 0 Å². The van der Waals surface area contributed by atoms with Gasteiger partial charge in [-0.3, -0.25) is 0 Å². The van der Waals surface area contributed by atoms with Gasteiger partial charge in [0.2, 0.25) is 0 Å². The van der Waals surface area contributed by atoms with Gasteiger partial charge in [-0.2, -0.15) is 0 Å². The van der Waals surface area contributed by atoms with Gasteiger partial charge in [0, 0.05) is 21.8 Å². The van der Waals surface area contributed by atoms with Crippen molar-refractivity contribution in [3.8, 4) is 28.4 Å². The number of aromatic hydroxyl groups is 1. The van der Waals surface area contributed by atoms with E-state index in [0.717, 1.165) is 42.2 Å². The topological polar surface area (TPSA) is 38.7 Å². The smallest absolute Gasteiger partial charge is 0.165 e. The summed E-state index contributed by atoms with van der Waals surface area (Å²) in [5.74, 6) is 1.89. The van der Waals surface area contributed by atoms with E-state index in [4.69, 9.17) is 9.47 Å². The molecule has 1 spiro atoms. The number of hydrogen-bond donors (Lipinski definition) is 1. The maximum atomic E-state index is 11.5. The first-order valence-electron chi connectivity index (χ1n) is 13.1. The highest BCUT2D eigenvalue weighted by Crippen LogP contribution is 2.65. The minimum atomic E-state index is -0.246. The lowest BCUT2D eigenvalue weighted by molar-refractivity contribution is 0.0645. The highest BCUT2D eigenvalue weighted by molar-refractivity contribution is 6.08. The molecule has 0 radical (unpaired) electrons. The van der Waals surface area contributed by atoms with E-state index in [-0.39, 0.29) is 21.8 Å². The molecular weight excluding hydrogens is 432 g/mol. The number of ether oxygens (including phenoxy) is 2. The monoisotopic (exact) mass is 470 g/mol. The van der Waals surface area contributed by atoms with Crippen LogP contribution in [0, 0.1) is 10.8 Å². The van der Waals surface area contributed by atoms with Crippen molar-refractivity contribution in [1.82, 2.24) is 0 Å². The summed E-state index contributed by atoms with van der Waals surface area (Å²) < 4.78 is 12.3. The Bertz CT molecular complexity index is 1360. The molecule has 1 fully saturated rings. The highest BCUT2D eigenvalue weighted by atomic mass is 16.5. The van der Waals surface area contributed by atoms with Crippen molar-refractivity contribution in [3.63, 3.8) is 0 Å². The van der Waals surface area contributed by atoms with Crippen molar-refractivity contribution in [2.75, 3.05) is 7.11 Å². The van der Waals surface area contributed by atoms with E-state index in [2.05, 4.69) is 71.9 Å². The standard InChI is InChI=1S/C32H38O3/c1-29(2)16-30(3,4)18-32(17-29)22-11-9-8-10-19(22)27-23(32)15-24(33)21-14-25(34-7)28-20(26(21)27)12-13-31(5,6)35-28/h8-11,14-15,33H,12-13,16-18H2,1-7H3. The quantitative estimate of drug-likeness (QED) is 0.390. The van der Waals surface area contributed by atoms with Crippen LogP contribution in [-0.2, 0) is 11.8 Å². The molecule has 0 saturated heterocycles. The zero-order valence-electron chi connectivity index (χ0n) is 22.3. The molecule has 0 aromatic heterocycles. The highest BCUT2D eigenvalue weighted by Gasteiger charge is 2.54. The molecule has 184 valence electrons. The fraction of sp³-hybridized carbons (Fsp3) is 0.500. The van der Waals surface area contributed by atoms with E-state index in [9.17, 15) is 5.11 Å². The first-order chi connectivity index (χ1) is 16.4. The molecule has 3 nitrogen and oxygen atoms in total. The Morgan fingerprint density at radius 1 is 0.886 bits per heavy atom. The summed E-state index contributed by atoms with van der Waals surface area (Å²) in [7, 11) is 1.69. The second-order valence-corrected chi connectivity index (χ2v) is 13.5. The summed E-state index contributed by atoms with van der Waals surface area (Å²) >= 11 is 0. The normalized spacial score (nSPS) is 22.3. The van der Waals surface area contributed by atoms with Crippen molar-refractivity contribution in [2.45, 2.75) is 84.7 Å². The molecule has 3 aromatic carbocycles. The number of rotatable bonds is 1. The zero-order chi connectivity index (χ0) is 25.0. The van der Waals surface area contributed by atoms with Gasteiger partial charge in [-0.25, -0.2) is 0 Å². The summed E-state index contributed by atoms with van der Waals surface area (Å²) in [6.07, 6.45) is 5.20. The number of aryl methyl sites for hydroxylation is 1. The van der Waals surface area contributed by atoms with E-state index in [0.29, 0.717) is 11.5 Å². The van der Waals surface area contributed by atoms with Gasteiger partial charge in [-0.15, -0.1) is 0 Å².